The van der Waals surface area contributed by atoms with Crippen molar-refractivity contribution in [1.82, 2.24) is 15.1 Å². The summed E-state index contributed by atoms with van der Waals surface area (Å²) in [5.74, 6) is 0. The molecule has 4 nitrogen and oxygen atoms in total. The first-order valence-electron chi connectivity index (χ1n) is 4.78. The lowest BCUT2D eigenvalue weighted by Crippen LogP contribution is -2.54. The highest BCUT2D eigenvalue weighted by molar-refractivity contribution is 6.31. The monoisotopic (exact) mass is 233 g/mol. The van der Waals surface area contributed by atoms with Crippen LogP contribution in [0.25, 0.3) is 0 Å². The Kier molecular flexibility index (Phi) is 2.95. The topological polar surface area (TPSA) is 39.1 Å². The lowest BCUT2D eigenvalue weighted by molar-refractivity contribution is 0.0753. The van der Waals surface area contributed by atoms with Gasteiger partial charge in [-0.25, -0.2) is 4.39 Å². The summed E-state index contributed by atoms with van der Waals surface area (Å²) >= 11 is 5.93. The molecule has 0 unspecified atom stereocenters. The molecule has 15 heavy (non-hydrogen) atoms. The van der Waals surface area contributed by atoms with E-state index < -0.39 is 5.67 Å². The fraction of sp³-hybridized carbons (Fsp3) is 0.667. The molecule has 0 radical (unpaired) electrons. The Morgan fingerprint density at radius 3 is 3.00 bits per heavy atom. The van der Waals surface area contributed by atoms with Crippen molar-refractivity contribution in [3.05, 3.63) is 16.9 Å². The molecular weight excluding hydrogens is 221 g/mol. The van der Waals surface area contributed by atoms with Gasteiger partial charge in [0.15, 0.2) is 5.67 Å². The van der Waals surface area contributed by atoms with E-state index in [2.05, 4.69) is 10.4 Å². The predicted octanol–water partition coefficient (Wildman–Crippen LogP) is 0.951. The van der Waals surface area contributed by atoms with Gasteiger partial charge in [-0.1, -0.05) is 11.6 Å². The fourth-order valence-corrected chi connectivity index (χ4v) is 1.98. The Labute approximate surface area is 92.4 Å². The zero-order valence-corrected chi connectivity index (χ0v) is 9.22. The Balaban J connectivity index is 2.23. The van der Waals surface area contributed by atoms with Gasteiger partial charge in [0.05, 0.1) is 30.1 Å². The third kappa shape index (κ3) is 1.87. The third-order valence-corrected chi connectivity index (χ3v) is 2.81. The van der Waals surface area contributed by atoms with Gasteiger partial charge in [0.2, 0.25) is 0 Å². The number of hydrogen-bond acceptors (Lipinski definition) is 3. The molecule has 1 aliphatic rings. The van der Waals surface area contributed by atoms with Gasteiger partial charge in [0, 0.05) is 20.2 Å². The SMILES string of the molecule is COCCn1ncc(Cl)c1C1(F)CNC1. The third-order valence-electron chi connectivity index (χ3n) is 2.54. The molecule has 2 heterocycles. The molecule has 1 N–H and O–H groups in total. The van der Waals surface area contributed by atoms with Crippen LogP contribution in [0.5, 0.6) is 0 Å². The van der Waals surface area contributed by atoms with Crippen molar-refractivity contribution in [2.24, 2.45) is 0 Å². The van der Waals surface area contributed by atoms with Crippen LogP contribution in [0.1, 0.15) is 5.69 Å². The smallest absolute Gasteiger partial charge is 0.178 e. The van der Waals surface area contributed by atoms with Crippen molar-refractivity contribution in [3.8, 4) is 0 Å². The minimum Gasteiger partial charge on any atom is -0.383 e. The van der Waals surface area contributed by atoms with Crippen LogP contribution in [-0.4, -0.2) is 36.6 Å². The van der Waals surface area contributed by atoms with Crippen molar-refractivity contribution in [3.63, 3.8) is 0 Å². The van der Waals surface area contributed by atoms with Crippen molar-refractivity contribution < 1.29 is 9.13 Å². The molecule has 0 spiro atoms. The second kappa shape index (κ2) is 4.08. The number of ether oxygens (including phenoxy) is 1. The van der Waals surface area contributed by atoms with E-state index in [0.29, 0.717) is 37.0 Å². The average Bonchev–Trinajstić information content (AvgIpc) is 2.53. The molecule has 2 rings (SSSR count). The quantitative estimate of drug-likeness (QED) is 0.842. The highest BCUT2D eigenvalue weighted by atomic mass is 35.5. The van der Waals surface area contributed by atoms with Gasteiger partial charge in [0.25, 0.3) is 0 Å². The number of alkyl halides is 1. The normalized spacial score (nSPS) is 18.9. The highest BCUT2D eigenvalue weighted by Gasteiger charge is 2.43. The molecule has 0 amide bonds. The van der Waals surface area contributed by atoms with E-state index in [1.165, 1.54) is 6.20 Å². The molecule has 0 saturated carbocycles. The van der Waals surface area contributed by atoms with Crippen LogP contribution < -0.4 is 5.32 Å². The van der Waals surface area contributed by atoms with Crippen LogP contribution in [0, 0.1) is 0 Å². The average molecular weight is 234 g/mol. The van der Waals surface area contributed by atoms with Crippen molar-refractivity contribution in [2.75, 3.05) is 26.8 Å². The highest BCUT2D eigenvalue weighted by Crippen LogP contribution is 2.34. The maximum absolute atomic E-state index is 14.2. The number of aromatic nitrogens is 2. The van der Waals surface area contributed by atoms with E-state index in [4.69, 9.17) is 16.3 Å². The maximum atomic E-state index is 14.2. The number of rotatable bonds is 4. The first-order valence-corrected chi connectivity index (χ1v) is 5.15. The summed E-state index contributed by atoms with van der Waals surface area (Å²) in [7, 11) is 1.60. The largest absolute Gasteiger partial charge is 0.383 e. The molecule has 1 aromatic heterocycles. The molecule has 1 aromatic rings. The molecular formula is C9H13ClFN3O. The van der Waals surface area contributed by atoms with Gasteiger partial charge in [-0.05, 0) is 0 Å². The molecule has 1 fully saturated rings. The number of halogens is 2. The van der Waals surface area contributed by atoms with E-state index in [0.717, 1.165) is 0 Å². The molecule has 0 aliphatic carbocycles. The van der Waals surface area contributed by atoms with Crippen molar-refractivity contribution in [2.45, 2.75) is 12.2 Å². The van der Waals surface area contributed by atoms with Crippen LogP contribution in [0.4, 0.5) is 4.39 Å². The second-order valence-electron chi connectivity index (χ2n) is 3.63. The summed E-state index contributed by atoms with van der Waals surface area (Å²) in [6.45, 7) is 1.61. The first kappa shape index (κ1) is 10.9. The second-order valence-corrected chi connectivity index (χ2v) is 4.03. The molecule has 1 saturated heterocycles. The van der Waals surface area contributed by atoms with Crippen molar-refractivity contribution in [1.29, 1.82) is 0 Å². The fourth-order valence-electron chi connectivity index (χ4n) is 1.67. The van der Waals surface area contributed by atoms with Gasteiger partial charge < -0.3 is 10.1 Å². The van der Waals surface area contributed by atoms with E-state index in [9.17, 15) is 4.39 Å². The molecule has 84 valence electrons. The number of methoxy groups -OCH3 is 1. The van der Waals surface area contributed by atoms with Gasteiger partial charge in [-0.3, -0.25) is 4.68 Å². The van der Waals surface area contributed by atoms with E-state index in [-0.39, 0.29) is 0 Å². The zero-order valence-electron chi connectivity index (χ0n) is 8.46. The van der Waals surface area contributed by atoms with E-state index in [1.54, 1.807) is 11.8 Å². The summed E-state index contributed by atoms with van der Waals surface area (Å²) in [6, 6.07) is 0. The lowest BCUT2D eigenvalue weighted by atomic mass is 9.95. The Morgan fingerprint density at radius 2 is 2.47 bits per heavy atom. The van der Waals surface area contributed by atoms with Crippen LogP contribution in [0.2, 0.25) is 5.02 Å². The molecule has 0 atom stereocenters. The minimum absolute atomic E-state index is 0.297. The van der Waals surface area contributed by atoms with Crippen LogP contribution in [0.3, 0.4) is 0 Å². The predicted molar refractivity (Wildman–Crippen MR) is 54.8 cm³/mol. The van der Waals surface area contributed by atoms with Crippen LogP contribution >= 0.6 is 11.6 Å². The molecule has 6 heteroatoms. The van der Waals surface area contributed by atoms with Gasteiger partial charge >= 0.3 is 0 Å². The summed E-state index contributed by atoms with van der Waals surface area (Å²) in [5.41, 5.74) is -0.915. The van der Waals surface area contributed by atoms with E-state index >= 15 is 0 Å². The summed E-state index contributed by atoms with van der Waals surface area (Å²) in [4.78, 5) is 0. The summed E-state index contributed by atoms with van der Waals surface area (Å²) < 4.78 is 20.7. The zero-order chi connectivity index (χ0) is 10.9. The minimum atomic E-state index is -1.37. The summed E-state index contributed by atoms with van der Waals surface area (Å²) in [5, 5.41) is 7.32. The molecule has 0 aromatic carbocycles. The number of nitrogens with one attached hydrogen (secondary N) is 1. The molecule has 0 bridgehead atoms. The Hall–Kier alpha value is -0.650. The van der Waals surface area contributed by atoms with E-state index in [1.807, 2.05) is 0 Å². The maximum Gasteiger partial charge on any atom is 0.178 e. The molecule has 1 aliphatic heterocycles. The first-order chi connectivity index (χ1) is 7.17. The standard InChI is InChI=1S/C9H13ClFN3O/c1-15-3-2-14-8(7(10)4-13-14)9(11)5-12-6-9/h4,12H,2-3,5-6H2,1H3. The van der Waals surface area contributed by atoms with Crippen molar-refractivity contribution >= 4 is 11.6 Å². The van der Waals surface area contributed by atoms with Crippen LogP contribution in [-0.2, 0) is 17.0 Å². The van der Waals surface area contributed by atoms with Gasteiger partial charge in [-0.15, -0.1) is 0 Å². The number of nitrogens with zero attached hydrogens (tertiary/aromatic N) is 2. The summed E-state index contributed by atoms with van der Waals surface area (Å²) in [6.07, 6.45) is 1.48. The van der Waals surface area contributed by atoms with Gasteiger partial charge in [-0.2, -0.15) is 5.10 Å². The lowest BCUT2D eigenvalue weighted by Gasteiger charge is -2.35. The Morgan fingerprint density at radius 1 is 1.73 bits per heavy atom. The number of hydrogen-bond donors (Lipinski definition) is 1. The van der Waals surface area contributed by atoms with Gasteiger partial charge in [0.1, 0.15) is 0 Å². The van der Waals surface area contributed by atoms with Crippen LogP contribution in [0.15, 0.2) is 6.20 Å². The Bertz CT molecular complexity index is 351.